The second-order valence-electron chi connectivity index (χ2n) is 10.9. The predicted molar refractivity (Wildman–Crippen MR) is 114 cm³/mol. The molecule has 158 valence electrons. The van der Waals surface area contributed by atoms with Crippen LogP contribution in [0.25, 0.3) is 0 Å². The average Bonchev–Trinajstić information content (AvgIpc) is 3.09. The van der Waals surface area contributed by atoms with Crippen molar-refractivity contribution in [1.82, 2.24) is 9.80 Å². The van der Waals surface area contributed by atoms with Crippen LogP contribution in [0.2, 0.25) is 18.1 Å². The minimum absolute atomic E-state index is 0.124. The van der Waals surface area contributed by atoms with Crippen molar-refractivity contribution < 1.29 is 14.0 Å². The van der Waals surface area contributed by atoms with Crippen LogP contribution in [0.4, 0.5) is 4.79 Å². The summed E-state index contributed by atoms with van der Waals surface area (Å²) < 4.78 is 12.4. The number of hydrogen-bond acceptors (Lipinski definition) is 4. The summed E-state index contributed by atoms with van der Waals surface area (Å²) in [6, 6.07) is 0.228. The van der Waals surface area contributed by atoms with Gasteiger partial charge >= 0.3 is 6.09 Å². The summed E-state index contributed by atoms with van der Waals surface area (Å²) >= 11 is 0. The molecule has 2 heterocycles. The van der Waals surface area contributed by atoms with Crippen LogP contribution in [0.5, 0.6) is 0 Å². The number of amides is 1. The average molecular weight is 399 g/mol. The van der Waals surface area contributed by atoms with Gasteiger partial charge in [-0.25, -0.2) is 4.79 Å². The van der Waals surface area contributed by atoms with Crippen molar-refractivity contribution in [2.75, 3.05) is 26.2 Å². The molecule has 0 aromatic rings. The third kappa shape index (κ3) is 5.70. The van der Waals surface area contributed by atoms with Gasteiger partial charge in [0.25, 0.3) is 0 Å². The lowest BCUT2D eigenvalue weighted by atomic mass is 9.96. The third-order valence-electron chi connectivity index (χ3n) is 6.50. The molecule has 0 bridgehead atoms. The van der Waals surface area contributed by atoms with Gasteiger partial charge in [0, 0.05) is 19.1 Å². The first kappa shape index (κ1) is 22.7. The summed E-state index contributed by atoms with van der Waals surface area (Å²) in [5.41, 5.74) is -0.467. The molecule has 0 radical (unpaired) electrons. The van der Waals surface area contributed by atoms with Crippen LogP contribution < -0.4 is 0 Å². The predicted octanol–water partition coefficient (Wildman–Crippen LogP) is 4.73. The van der Waals surface area contributed by atoms with Crippen molar-refractivity contribution in [1.29, 1.82) is 0 Å². The highest BCUT2D eigenvalue weighted by molar-refractivity contribution is 6.74. The summed E-state index contributed by atoms with van der Waals surface area (Å²) in [6.45, 7) is 23.4. The van der Waals surface area contributed by atoms with Crippen LogP contribution in [0.3, 0.4) is 0 Å². The molecule has 2 rings (SSSR count). The van der Waals surface area contributed by atoms with Gasteiger partial charge in [-0.1, -0.05) is 27.7 Å². The quantitative estimate of drug-likeness (QED) is 0.642. The summed E-state index contributed by atoms with van der Waals surface area (Å²) in [6.07, 6.45) is 2.04. The topological polar surface area (TPSA) is 42.0 Å². The molecule has 27 heavy (non-hydrogen) atoms. The molecular weight excluding hydrogens is 356 g/mol. The van der Waals surface area contributed by atoms with Crippen molar-refractivity contribution in [2.24, 2.45) is 5.92 Å². The number of rotatable bonds is 4. The van der Waals surface area contributed by atoms with E-state index in [1.807, 2.05) is 25.7 Å². The second-order valence-corrected chi connectivity index (χ2v) is 15.6. The van der Waals surface area contributed by atoms with Gasteiger partial charge in [0.15, 0.2) is 8.32 Å². The van der Waals surface area contributed by atoms with E-state index in [2.05, 4.69) is 45.7 Å². The van der Waals surface area contributed by atoms with Crippen molar-refractivity contribution in [3.63, 3.8) is 0 Å². The van der Waals surface area contributed by atoms with Gasteiger partial charge in [-0.3, -0.25) is 0 Å². The molecule has 2 fully saturated rings. The maximum atomic E-state index is 12.9. The summed E-state index contributed by atoms with van der Waals surface area (Å²) in [5, 5.41) is 0.175. The van der Waals surface area contributed by atoms with Gasteiger partial charge in [0.05, 0.1) is 6.10 Å². The number of nitrogens with zero attached hydrogens (tertiary/aromatic N) is 2. The molecule has 1 amide bonds. The normalized spacial score (nSPS) is 28.0. The summed E-state index contributed by atoms with van der Waals surface area (Å²) in [4.78, 5) is 17.4. The minimum Gasteiger partial charge on any atom is -0.444 e. The van der Waals surface area contributed by atoms with Crippen molar-refractivity contribution in [2.45, 2.75) is 97.2 Å². The third-order valence-corrected chi connectivity index (χ3v) is 11.0. The van der Waals surface area contributed by atoms with Crippen molar-refractivity contribution >= 4 is 14.4 Å². The Morgan fingerprint density at radius 2 is 1.74 bits per heavy atom. The van der Waals surface area contributed by atoms with Gasteiger partial charge in [-0.15, -0.1) is 0 Å². The zero-order valence-electron chi connectivity index (χ0n) is 19.1. The van der Waals surface area contributed by atoms with Crippen LogP contribution in [0.15, 0.2) is 0 Å². The Bertz CT molecular complexity index is 525. The molecule has 0 aromatic carbocycles. The Balaban J connectivity index is 2.14. The fraction of sp³-hybridized carbons (Fsp3) is 0.952. The van der Waals surface area contributed by atoms with Gasteiger partial charge < -0.3 is 19.0 Å². The molecule has 2 aliphatic rings. The molecule has 5 nitrogen and oxygen atoms in total. The smallest absolute Gasteiger partial charge is 0.410 e. The highest BCUT2D eigenvalue weighted by Gasteiger charge is 2.47. The van der Waals surface area contributed by atoms with Gasteiger partial charge in [0.2, 0.25) is 0 Å². The van der Waals surface area contributed by atoms with E-state index in [-0.39, 0.29) is 23.3 Å². The molecule has 0 aromatic heterocycles. The maximum absolute atomic E-state index is 12.9. The van der Waals surface area contributed by atoms with E-state index in [4.69, 9.17) is 9.16 Å². The Labute approximate surface area is 167 Å². The zero-order valence-corrected chi connectivity index (χ0v) is 20.1. The number of carbonyl (C=O) groups is 1. The monoisotopic (exact) mass is 398 g/mol. The molecule has 0 aliphatic carbocycles. The lowest BCUT2D eigenvalue weighted by molar-refractivity contribution is 0.0168. The Kier molecular flexibility index (Phi) is 6.75. The molecular formula is C21H42N2O3Si. The van der Waals surface area contributed by atoms with Crippen molar-refractivity contribution in [3.8, 4) is 0 Å². The molecule has 3 atom stereocenters. The fourth-order valence-corrected chi connectivity index (χ4v) is 5.30. The molecule has 0 unspecified atom stereocenters. The van der Waals surface area contributed by atoms with E-state index in [0.717, 1.165) is 32.5 Å². The van der Waals surface area contributed by atoms with Crippen LogP contribution in [-0.2, 0) is 9.16 Å². The molecule has 0 spiro atoms. The first-order chi connectivity index (χ1) is 12.2. The standard InChI is InChI=1S/C21H42N2O3Si/c1-10-22-12-11-16(14-22)18-13-17(26-27(8,9)21(5,6)7)15-23(18)19(24)25-20(2,3)4/h16-18H,10-15H2,1-9H3/t16-,17+,18-/m0/s1. The van der Waals surface area contributed by atoms with E-state index in [9.17, 15) is 4.79 Å². The van der Waals surface area contributed by atoms with Gasteiger partial charge in [0.1, 0.15) is 5.60 Å². The summed E-state index contributed by atoms with van der Waals surface area (Å²) in [5.74, 6) is 0.519. The molecule has 2 saturated heterocycles. The molecule has 0 saturated carbocycles. The Morgan fingerprint density at radius 3 is 2.22 bits per heavy atom. The highest BCUT2D eigenvalue weighted by Crippen LogP contribution is 2.40. The van der Waals surface area contributed by atoms with E-state index >= 15 is 0 Å². The van der Waals surface area contributed by atoms with Crippen molar-refractivity contribution in [3.05, 3.63) is 0 Å². The van der Waals surface area contributed by atoms with Gasteiger partial charge in [-0.2, -0.15) is 0 Å². The van der Waals surface area contributed by atoms with E-state index in [1.165, 1.54) is 0 Å². The largest absolute Gasteiger partial charge is 0.444 e. The molecule has 6 heteroatoms. The van der Waals surface area contributed by atoms with Gasteiger partial charge in [-0.05, 0) is 70.8 Å². The SMILES string of the molecule is CCN1CC[C@H]([C@@H]2C[C@@H](O[Si](C)(C)C(C)(C)C)CN2C(=O)OC(C)(C)C)C1. The molecule has 2 aliphatic heterocycles. The number of hydrogen-bond donors (Lipinski definition) is 0. The minimum atomic E-state index is -1.86. The Morgan fingerprint density at radius 1 is 1.11 bits per heavy atom. The fourth-order valence-electron chi connectivity index (χ4n) is 3.95. The number of ether oxygens (including phenoxy) is 1. The zero-order chi connectivity index (χ0) is 20.6. The number of likely N-dealkylation sites (tertiary alicyclic amines) is 2. The Hall–Kier alpha value is -0.593. The summed E-state index contributed by atoms with van der Waals surface area (Å²) in [7, 11) is -1.86. The first-order valence-corrected chi connectivity index (χ1v) is 13.5. The van der Waals surface area contributed by atoms with Crippen LogP contribution in [0.1, 0.15) is 61.3 Å². The second kappa shape index (κ2) is 8.03. The molecule has 0 N–H and O–H groups in total. The lowest BCUT2D eigenvalue weighted by Crippen LogP contribution is -2.45. The maximum Gasteiger partial charge on any atom is 0.410 e. The lowest BCUT2D eigenvalue weighted by Gasteiger charge is -2.38. The first-order valence-electron chi connectivity index (χ1n) is 10.6. The van der Waals surface area contributed by atoms with Crippen LogP contribution in [-0.4, -0.2) is 68.1 Å². The van der Waals surface area contributed by atoms with E-state index in [0.29, 0.717) is 12.5 Å². The highest BCUT2D eigenvalue weighted by atomic mass is 28.4. The van der Waals surface area contributed by atoms with E-state index in [1.54, 1.807) is 0 Å². The number of carbonyl (C=O) groups excluding carboxylic acids is 1. The van der Waals surface area contributed by atoms with E-state index < -0.39 is 13.9 Å². The van der Waals surface area contributed by atoms with Crippen LogP contribution in [0, 0.1) is 5.92 Å². The van der Waals surface area contributed by atoms with Crippen LogP contribution >= 0.6 is 0 Å².